The van der Waals surface area contributed by atoms with Crippen LogP contribution in [0.25, 0.3) is 0 Å². The molecule has 1 aliphatic heterocycles. The van der Waals surface area contributed by atoms with E-state index in [0.717, 1.165) is 19.7 Å². The van der Waals surface area contributed by atoms with Gasteiger partial charge in [-0.2, -0.15) is 0 Å². The van der Waals surface area contributed by atoms with Crippen molar-refractivity contribution >= 4 is 0 Å². The molecular formula is C14H28N2O. The quantitative estimate of drug-likeness (QED) is 0.795. The van der Waals surface area contributed by atoms with Gasteiger partial charge in [-0.1, -0.05) is 6.92 Å². The van der Waals surface area contributed by atoms with E-state index in [-0.39, 0.29) is 0 Å². The number of fused-ring (bicyclic) bond motifs is 1. The first-order chi connectivity index (χ1) is 8.22. The van der Waals surface area contributed by atoms with E-state index in [1.165, 1.54) is 25.7 Å². The van der Waals surface area contributed by atoms with Crippen molar-refractivity contribution in [1.29, 1.82) is 0 Å². The minimum Gasteiger partial charge on any atom is -0.375 e. The van der Waals surface area contributed by atoms with Crippen molar-refractivity contribution in [2.75, 3.05) is 19.7 Å². The molecule has 0 bridgehead atoms. The van der Waals surface area contributed by atoms with Gasteiger partial charge in [0.05, 0.1) is 12.7 Å². The summed E-state index contributed by atoms with van der Waals surface area (Å²) in [6, 6.07) is 1.97. The SMILES string of the molecule is CCC(C)NCC(C)N1CCOC2CCCC21. The molecule has 17 heavy (non-hydrogen) atoms. The van der Waals surface area contributed by atoms with Crippen molar-refractivity contribution < 1.29 is 4.74 Å². The molecular weight excluding hydrogens is 212 g/mol. The fourth-order valence-electron chi connectivity index (χ4n) is 3.14. The maximum Gasteiger partial charge on any atom is 0.0731 e. The fourth-order valence-corrected chi connectivity index (χ4v) is 3.14. The van der Waals surface area contributed by atoms with E-state index in [1.54, 1.807) is 0 Å². The molecule has 1 heterocycles. The van der Waals surface area contributed by atoms with Crippen LogP contribution in [0.1, 0.15) is 46.5 Å². The van der Waals surface area contributed by atoms with Crippen molar-refractivity contribution in [2.24, 2.45) is 0 Å². The van der Waals surface area contributed by atoms with Gasteiger partial charge in [-0.25, -0.2) is 0 Å². The first kappa shape index (κ1) is 13.3. The highest BCUT2D eigenvalue weighted by Gasteiger charge is 2.37. The van der Waals surface area contributed by atoms with E-state index in [1.807, 2.05) is 0 Å². The van der Waals surface area contributed by atoms with Gasteiger partial charge in [0, 0.05) is 31.2 Å². The molecule has 0 aromatic rings. The molecule has 3 heteroatoms. The molecule has 0 aromatic carbocycles. The van der Waals surface area contributed by atoms with E-state index < -0.39 is 0 Å². The zero-order valence-electron chi connectivity index (χ0n) is 11.6. The average Bonchev–Trinajstić information content (AvgIpc) is 2.83. The van der Waals surface area contributed by atoms with Gasteiger partial charge in [-0.05, 0) is 39.5 Å². The minimum atomic E-state index is 0.523. The Morgan fingerprint density at radius 1 is 1.35 bits per heavy atom. The summed E-state index contributed by atoms with van der Waals surface area (Å²) in [6.45, 7) is 10.0. The molecule has 0 amide bonds. The van der Waals surface area contributed by atoms with Crippen LogP contribution in [0, 0.1) is 0 Å². The largest absolute Gasteiger partial charge is 0.375 e. The summed E-state index contributed by atoms with van der Waals surface area (Å²) >= 11 is 0. The maximum atomic E-state index is 5.87. The molecule has 1 aliphatic carbocycles. The molecule has 1 saturated heterocycles. The van der Waals surface area contributed by atoms with Crippen LogP contribution in [-0.2, 0) is 4.74 Å². The lowest BCUT2D eigenvalue weighted by molar-refractivity contribution is -0.0689. The van der Waals surface area contributed by atoms with Crippen LogP contribution in [0.4, 0.5) is 0 Å². The van der Waals surface area contributed by atoms with Crippen molar-refractivity contribution in [2.45, 2.75) is 70.7 Å². The standard InChI is InChI=1S/C14H28N2O/c1-4-11(2)15-10-12(3)16-8-9-17-14-7-5-6-13(14)16/h11-15H,4-10H2,1-3H3. The minimum absolute atomic E-state index is 0.523. The maximum absolute atomic E-state index is 5.87. The van der Waals surface area contributed by atoms with Crippen LogP contribution in [0.2, 0.25) is 0 Å². The molecule has 4 atom stereocenters. The summed E-state index contributed by atoms with van der Waals surface area (Å²) in [5.74, 6) is 0. The normalized spacial score (nSPS) is 33.4. The van der Waals surface area contributed by atoms with Crippen molar-refractivity contribution in [3.8, 4) is 0 Å². The molecule has 2 fully saturated rings. The lowest BCUT2D eigenvalue weighted by Gasteiger charge is -2.41. The van der Waals surface area contributed by atoms with Crippen molar-refractivity contribution in [3.05, 3.63) is 0 Å². The van der Waals surface area contributed by atoms with E-state index in [4.69, 9.17) is 4.74 Å². The zero-order valence-corrected chi connectivity index (χ0v) is 11.6. The van der Waals surface area contributed by atoms with Crippen LogP contribution >= 0.6 is 0 Å². The fraction of sp³-hybridized carbons (Fsp3) is 1.00. The Hall–Kier alpha value is -0.120. The molecule has 0 spiro atoms. The topological polar surface area (TPSA) is 24.5 Å². The highest BCUT2D eigenvalue weighted by molar-refractivity contribution is 4.91. The monoisotopic (exact) mass is 240 g/mol. The van der Waals surface area contributed by atoms with Gasteiger partial charge in [0.15, 0.2) is 0 Å². The van der Waals surface area contributed by atoms with Crippen LogP contribution < -0.4 is 5.32 Å². The predicted molar refractivity (Wildman–Crippen MR) is 71.3 cm³/mol. The van der Waals surface area contributed by atoms with Gasteiger partial charge in [-0.3, -0.25) is 4.90 Å². The molecule has 1 N–H and O–H groups in total. The smallest absolute Gasteiger partial charge is 0.0731 e. The number of nitrogens with one attached hydrogen (secondary N) is 1. The van der Waals surface area contributed by atoms with Gasteiger partial charge >= 0.3 is 0 Å². The lowest BCUT2D eigenvalue weighted by Crippen LogP contribution is -2.55. The molecule has 0 aromatic heterocycles. The number of morpholine rings is 1. The van der Waals surface area contributed by atoms with Crippen molar-refractivity contribution in [3.63, 3.8) is 0 Å². The Kier molecular flexibility index (Phi) is 4.83. The summed E-state index contributed by atoms with van der Waals surface area (Å²) in [5.41, 5.74) is 0. The second-order valence-electron chi connectivity index (χ2n) is 5.71. The first-order valence-corrected chi connectivity index (χ1v) is 7.33. The summed E-state index contributed by atoms with van der Waals surface area (Å²) in [7, 11) is 0. The van der Waals surface area contributed by atoms with Crippen LogP contribution in [0.15, 0.2) is 0 Å². The number of hydrogen-bond donors (Lipinski definition) is 1. The third kappa shape index (κ3) is 3.21. The van der Waals surface area contributed by atoms with Crippen LogP contribution in [0.5, 0.6) is 0 Å². The molecule has 2 aliphatic rings. The van der Waals surface area contributed by atoms with E-state index in [9.17, 15) is 0 Å². The zero-order chi connectivity index (χ0) is 12.3. The van der Waals surface area contributed by atoms with Gasteiger partial charge in [-0.15, -0.1) is 0 Å². The number of rotatable bonds is 5. The Bertz CT molecular complexity index is 234. The van der Waals surface area contributed by atoms with Crippen molar-refractivity contribution in [1.82, 2.24) is 10.2 Å². The van der Waals surface area contributed by atoms with Crippen LogP contribution in [-0.4, -0.2) is 48.8 Å². The summed E-state index contributed by atoms with van der Waals surface area (Å²) in [6.07, 6.45) is 5.68. The van der Waals surface area contributed by atoms with Gasteiger partial charge in [0.1, 0.15) is 0 Å². The van der Waals surface area contributed by atoms with Crippen LogP contribution in [0.3, 0.4) is 0 Å². The van der Waals surface area contributed by atoms with E-state index in [2.05, 4.69) is 31.0 Å². The Morgan fingerprint density at radius 2 is 2.18 bits per heavy atom. The molecule has 1 saturated carbocycles. The third-order valence-electron chi connectivity index (χ3n) is 4.47. The van der Waals surface area contributed by atoms with Gasteiger partial charge in [0.2, 0.25) is 0 Å². The highest BCUT2D eigenvalue weighted by atomic mass is 16.5. The molecule has 2 rings (SSSR count). The third-order valence-corrected chi connectivity index (χ3v) is 4.47. The number of ether oxygens (including phenoxy) is 1. The highest BCUT2D eigenvalue weighted by Crippen LogP contribution is 2.30. The molecule has 4 unspecified atom stereocenters. The number of nitrogens with zero attached hydrogens (tertiary/aromatic N) is 1. The van der Waals surface area contributed by atoms with E-state index >= 15 is 0 Å². The summed E-state index contributed by atoms with van der Waals surface area (Å²) in [5, 5.41) is 3.63. The summed E-state index contributed by atoms with van der Waals surface area (Å²) in [4.78, 5) is 2.68. The second-order valence-corrected chi connectivity index (χ2v) is 5.71. The van der Waals surface area contributed by atoms with Gasteiger partial charge in [0.25, 0.3) is 0 Å². The molecule has 100 valence electrons. The second kappa shape index (κ2) is 6.17. The Morgan fingerprint density at radius 3 is 2.94 bits per heavy atom. The average molecular weight is 240 g/mol. The Labute approximate surface area is 106 Å². The van der Waals surface area contributed by atoms with E-state index in [0.29, 0.717) is 24.2 Å². The number of hydrogen-bond acceptors (Lipinski definition) is 3. The molecule has 0 radical (unpaired) electrons. The molecule has 3 nitrogen and oxygen atoms in total. The van der Waals surface area contributed by atoms with Gasteiger partial charge < -0.3 is 10.1 Å². The first-order valence-electron chi connectivity index (χ1n) is 7.33. The lowest BCUT2D eigenvalue weighted by atomic mass is 10.1. The summed E-state index contributed by atoms with van der Waals surface area (Å²) < 4.78 is 5.87. The Balaban J connectivity index is 1.83. The predicted octanol–water partition coefficient (Wildman–Crippen LogP) is 2.02.